The maximum Gasteiger partial charge on any atom is 0.150 e. The summed E-state index contributed by atoms with van der Waals surface area (Å²) in [5.74, 6) is -0.779. The van der Waals surface area contributed by atoms with Crippen LogP contribution in [0.4, 0.5) is 8.78 Å². The number of aromatic amines is 2. The second-order valence-electron chi connectivity index (χ2n) is 7.67. The van der Waals surface area contributed by atoms with Crippen LogP contribution < -0.4 is 0 Å². The predicted molar refractivity (Wildman–Crippen MR) is 140 cm³/mol. The van der Waals surface area contributed by atoms with Gasteiger partial charge in [0.05, 0.1) is 10.8 Å². The number of aromatic nitrogens is 6. The number of aliphatic hydroxyl groups excluding tert-OH is 1. The molecule has 8 nitrogen and oxygen atoms in total. The first-order valence-electron chi connectivity index (χ1n) is 10.9. The number of hydrogen-bond acceptors (Lipinski definition) is 6. The van der Waals surface area contributed by atoms with Gasteiger partial charge >= 0.3 is 0 Å². The molecule has 38 heavy (non-hydrogen) atoms. The molecule has 0 saturated carbocycles. The van der Waals surface area contributed by atoms with Crippen molar-refractivity contribution >= 4 is 51.6 Å². The lowest BCUT2D eigenvalue weighted by Crippen LogP contribution is -1.99. The Hall–Kier alpha value is -4.25. The lowest BCUT2D eigenvalue weighted by molar-refractivity contribution is 0.112. The van der Waals surface area contributed by atoms with Gasteiger partial charge in [-0.2, -0.15) is 0 Å². The molecule has 4 aromatic heterocycles. The van der Waals surface area contributed by atoms with Crippen molar-refractivity contribution in [1.82, 2.24) is 29.9 Å². The molecule has 6 aromatic rings. The molecule has 0 fully saturated rings. The summed E-state index contributed by atoms with van der Waals surface area (Å²) in [7, 11) is 0. The van der Waals surface area contributed by atoms with Crippen molar-refractivity contribution in [3.63, 3.8) is 0 Å². The van der Waals surface area contributed by atoms with Crippen molar-refractivity contribution in [2.75, 3.05) is 0 Å². The summed E-state index contributed by atoms with van der Waals surface area (Å²) in [6, 6.07) is 13.2. The number of carbonyl (C=O) groups excluding carboxylic acids is 1. The van der Waals surface area contributed by atoms with Crippen molar-refractivity contribution < 1.29 is 18.7 Å². The summed E-state index contributed by atoms with van der Waals surface area (Å²) < 4.78 is 25.4. The van der Waals surface area contributed by atoms with Crippen LogP contribution in [-0.4, -0.2) is 41.3 Å². The molecule has 0 aliphatic carbocycles. The molecule has 192 valence electrons. The Morgan fingerprint density at radius 2 is 1.53 bits per heavy atom. The minimum Gasteiger partial charge on any atom is -0.384 e. The van der Waals surface area contributed by atoms with Gasteiger partial charge in [0.25, 0.3) is 0 Å². The number of fused-ring (bicyclic) bond motifs is 2. The number of aldehydes is 1. The number of aliphatic hydroxyl groups is 1. The number of H-pyrrole nitrogens is 2. The third-order valence-corrected chi connectivity index (χ3v) is 5.79. The largest absolute Gasteiger partial charge is 0.384 e. The Morgan fingerprint density at radius 3 is 2.18 bits per heavy atom. The van der Waals surface area contributed by atoms with E-state index in [1.165, 1.54) is 43.0 Å². The first-order chi connectivity index (χ1) is 18.4. The minimum absolute atomic E-state index is 0.247. The Kier molecular flexibility index (Phi) is 8.70. The van der Waals surface area contributed by atoms with E-state index in [-0.39, 0.29) is 11.0 Å². The summed E-state index contributed by atoms with van der Waals surface area (Å²) in [4.78, 5) is 31.5. The first-order valence-corrected chi connectivity index (χ1v) is 11.7. The molecule has 0 spiro atoms. The normalized spacial score (nSPS) is 11.3. The molecule has 3 N–H and O–H groups in total. The number of halogens is 4. The van der Waals surface area contributed by atoms with Gasteiger partial charge in [0, 0.05) is 23.5 Å². The van der Waals surface area contributed by atoms with Gasteiger partial charge in [-0.05, 0) is 35.9 Å². The maximum atomic E-state index is 13.2. The average molecular weight is 555 g/mol. The average Bonchev–Trinajstić information content (AvgIpc) is 3.58. The summed E-state index contributed by atoms with van der Waals surface area (Å²) in [6.07, 6.45) is 5.77. The lowest BCUT2D eigenvalue weighted by atomic mass is 10.0. The Balaban J connectivity index is 0.000000148. The second-order valence-corrected chi connectivity index (χ2v) is 8.38. The monoisotopic (exact) mass is 554 g/mol. The predicted octanol–water partition coefficient (Wildman–Crippen LogP) is 6.08. The van der Waals surface area contributed by atoms with E-state index in [2.05, 4.69) is 29.9 Å². The quantitative estimate of drug-likeness (QED) is 0.180. The zero-order valence-electron chi connectivity index (χ0n) is 19.3. The fourth-order valence-electron chi connectivity index (χ4n) is 3.44. The van der Waals surface area contributed by atoms with Gasteiger partial charge in [0.15, 0.2) is 0 Å². The standard InChI is InChI=1S/C13H9ClFN3O.C7H5FO.C6H4ClN3/c14-12-10-9(5-16-13(10)18-6-17-12)11(19)7-2-1-3-8(15)4-7;8-7-3-1-2-6(4-7)5-9;7-5-4-1-2-8-6(4)10-3-9-5/h1-6,11,19H,(H,16,17,18);1-5H;1-3H,(H,8,9,10). The van der Waals surface area contributed by atoms with E-state index < -0.39 is 11.9 Å². The van der Waals surface area contributed by atoms with Gasteiger partial charge < -0.3 is 15.1 Å². The molecule has 0 aliphatic rings. The summed E-state index contributed by atoms with van der Waals surface area (Å²) in [5, 5.41) is 12.5. The van der Waals surface area contributed by atoms with E-state index in [1.807, 2.05) is 6.07 Å². The number of benzene rings is 2. The zero-order chi connectivity index (χ0) is 27.1. The highest BCUT2D eigenvalue weighted by molar-refractivity contribution is 6.34. The summed E-state index contributed by atoms with van der Waals surface area (Å²) in [6.45, 7) is 0. The third-order valence-electron chi connectivity index (χ3n) is 5.20. The SMILES string of the molecule is Clc1ncnc2[nH]ccc12.O=Cc1cccc(F)c1.OC(c1cccc(F)c1)c1c[nH]c2ncnc(Cl)c12. The topological polar surface area (TPSA) is 120 Å². The van der Waals surface area contributed by atoms with E-state index in [0.717, 1.165) is 11.0 Å². The van der Waals surface area contributed by atoms with Crippen molar-refractivity contribution in [2.45, 2.75) is 6.10 Å². The van der Waals surface area contributed by atoms with Gasteiger partial charge in [0.1, 0.15) is 58.3 Å². The van der Waals surface area contributed by atoms with E-state index in [1.54, 1.807) is 30.6 Å². The number of hydrogen-bond donors (Lipinski definition) is 3. The lowest BCUT2D eigenvalue weighted by Gasteiger charge is -2.10. The van der Waals surface area contributed by atoms with Crippen LogP contribution in [0.15, 0.2) is 79.6 Å². The van der Waals surface area contributed by atoms with Crippen LogP contribution in [0, 0.1) is 11.6 Å². The first kappa shape index (κ1) is 26.8. The maximum absolute atomic E-state index is 13.2. The van der Waals surface area contributed by atoms with Crippen LogP contribution in [-0.2, 0) is 0 Å². The number of rotatable bonds is 3. The Morgan fingerprint density at radius 1 is 0.842 bits per heavy atom. The molecule has 6 rings (SSSR count). The molecule has 12 heteroatoms. The molecule has 4 heterocycles. The van der Waals surface area contributed by atoms with E-state index >= 15 is 0 Å². The fraction of sp³-hybridized carbons (Fsp3) is 0.0385. The highest BCUT2D eigenvalue weighted by Gasteiger charge is 2.18. The molecule has 0 saturated heterocycles. The molecule has 2 aromatic carbocycles. The molecule has 0 radical (unpaired) electrons. The number of nitrogens with zero attached hydrogens (tertiary/aromatic N) is 4. The smallest absolute Gasteiger partial charge is 0.150 e. The number of nitrogens with one attached hydrogen (secondary N) is 2. The van der Waals surface area contributed by atoms with Crippen molar-refractivity contribution in [3.8, 4) is 0 Å². The van der Waals surface area contributed by atoms with Crippen LogP contribution in [0.25, 0.3) is 22.1 Å². The van der Waals surface area contributed by atoms with Crippen LogP contribution in [0.2, 0.25) is 10.3 Å². The van der Waals surface area contributed by atoms with Gasteiger partial charge in [-0.1, -0.05) is 47.5 Å². The highest BCUT2D eigenvalue weighted by Crippen LogP contribution is 2.31. The fourth-order valence-corrected chi connectivity index (χ4v) is 3.88. The molecule has 0 amide bonds. The van der Waals surface area contributed by atoms with Gasteiger partial charge in [-0.3, -0.25) is 4.79 Å². The third kappa shape index (κ3) is 6.35. The van der Waals surface area contributed by atoms with Crippen LogP contribution in [0.3, 0.4) is 0 Å². The Bertz CT molecular complexity index is 1690. The molecule has 0 aliphatic heterocycles. The van der Waals surface area contributed by atoms with E-state index in [4.69, 9.17) is 23.2 Å². The second kappa shape index (κ2) is 12.3. The molecule has 0 bridgehead atoms. The van der Waals surface area contributed by atoms with Crippen LogP contribution in [0.1, 0.15) is 27.6 Å². The zero-order valence-corrected chi connectivity index (χ0v) is 20.8. The summed E-state index contributed by atoms with van der Waals surface area (Å²) >= 11 is 11.7. The van der Waals surface area contributed by atoms with Gasteiger partial charge in [-0.15, -0.1) is 0 Å². The highest BCUT2D eigenvalue weighted by atomic mass is 35.5. The van der Waals surface area contributed by atoms with Crippen molar-refractivity contribution in [3.05, 3.63) is 118 Å². The molecular weight excluding hydrogens is 537 g/mol. The van der Waals surface area contributed by atoms with Gasteiger partial charge in [-0.25, -0.2) is 28.7 Å². The Labute approximate surface area is 224 Å². The van der Waals surface area contributed by atoms with Crippen LogP contribution >= 0.6 is 23.2 Å². The van der Waals surface area contributed by atoms with E-state index in [9.17, 15) is 18.7 Å². The molecular formula is C26H18Cl2F2N6O2. The van der Waals surface area contributed by atoms with Gasteiger partial charge in [0.2, 0.25) is 0 Å². The molecule has 1 unspecified atom stereocenters. The van der Waals surface area contributed by atoms with E-state index in [0.29, 0.717) is 39.2 Å². The van der Waals surface area contributed by atoms with Crippen LogP contribution in [0.5, 0.6) is 0 Å². The summed E-state index contributed by atoms with van der Waals surface area (Å²) in [5.41, 5.74) is 2.65. The minimum atomic E-state index is -0.993. The molecule has 1 atom stereocenters. The van der Waals surface area contributed by atoms with Crippen molar-refractivity contribution in [1.29, 1.82) is 0 Å². The number of carbonyl (C=O) groups is 1. The van der Waals surface area contributed by atoms with Crippen molar-refractivity contribution in [2.24, 2.45) is 0 Å².